The zero-order chi connectivity index (χ0) is 19.7. The third-order valence-corrected chi connectivity index (χ3v) is 4.14. The minimum atomic E-state index is -1.77. The van der Waals surface area contributed by atoms with Crippen molar-refractivity contribution in [1.29, 1.82) is 0 Å². The molecular weight excluding hydrogens is 372 g/mol. The Bertz CT molecular complexity index is 1080. The van der Waals surface area contributed by atoms with Crippen molar-refractivity contribution in [2.45, 2.75) is 12.8 Å². The summed E-state index contributed by atoms with van der Waals surface area (Å²) in [5, 5.41) is 0. The first-order valence-electron chi connectivity index (χ1n) is 8.43. The second kappa shape index (κ2) is 7.30. The van der Waals surface area contributed by atoms with Gasteiger partial charge in [0.2, 0.25) is 0 Å². The van der Waals surface area contributed by atoms with E-state index in [4.69, 9.17) is 0 Å². The van der Waals surface area contributed by atoms with Crippen LogP contribution in [0.5, 0.6) is 0 Å². The summed E-state index contributed by atoms with van der Waals surface area (Å²) in [6, 6.07) is 8.67. The van der Waals surface area contributed by atoms with E-state index in [0.717, 1.165) is 12.8 Å². The van der Waals surface area contributed by atoms with E-state index in [-0.39, 0.29) is 11.6 Å². The summed E-state index contributed by atoms with van der Waals surface area (Å²) in [7, 11) is 0. The van der Waals surface area contributed by atoms with Crippen LogP contribution in [0.4, 0.5) is 17.6 Å². The Labute approximate surface area is 157 Å². The fourth-order valence-electron chi connectivity index (χ4n) is 2.80. The molecule has 0 N–H and O–H groups in total. The lowest BCUT2D eigenvalue weighted by atomic mass is 10.1. The van der Waals surface area contributed by atoms with Gasteiger partial charge in [-0.2, -0.15) is 13.8 Å². The van der Waals surface area contributed by atoms with Crippen molar-refractivity contribution < 1.29 is 17.6 Å². The van der Waals surface area contributed by atoms with E-state index < -0.39 is 34.9 Å². The molecule has 0 saturated heterocycles. The Balaban J connectivity index is 1.98. The molecule has 4 nitrogen and oxygen atoms in total. The van der Waals surface area contributed by atoms with Gasteiger partial charge in [0.05, 0.1) is 0 Å². The zero-order valence-electron chi connectivity index (χ0n) is 14.3. The van der Waals surface area contributed by atoms with Gasteiger partial charge < -0.3 is 0 Å². The predicted molar refractivity (Wildman–Crippen MR) is 94.7 cm³/mol. The number of hydrogen-bond donors (Lipinski definition) is 0. The molecule has 0 unspecified atom stereocenters. The van der Waals surface area contributed by atoms with Crippen LogP contribution < -0.4 is 0 Å². The molecule has 0 saturated carbocycles. The molecule has 0 atom stereocenters. The fourth-order valence-corrected chi connectivity index (χ4v) is 2.80. The number of nitrogens with zero attached hydrogens (tertiary/aromatic N) is 4. The number of halogens is 4. The molecule has 0 radical (unpaired) electrons. The largest absolute Gasteiger partial charge is 0.252 e. The quantitative estimate of drug-likeness (QED) is 0.477. The van der Waals surface area contributed by atoms with E-state index in [2.05, 4.69) is 19.9 Å². The van der Waals surface area contributed by atoms with Gasteiger partial charge in [-0.1, -0.05) is 48.6 Å². The first-order chi connectivity index (χ1) is 13.5. The summed E-state index contributed by atoms with van der Waals surface area (Å²) in [6.07, 6.45) is 7.14. The van der Waals surface area contributed by atoms with Crippen LogP contribution in [-0.2, 0) is 0 Å². The molecule has 3 aromatic rings. The summed E-state index contributed by atoms with van der Waals surface area (Å²) < 4.78 is 55.7. The highest BCUT2D eigenvalue weighted by molar-refractivity contribution is 5.73. The zero-order valence-corrected chi connectivity index (χ0v) is 14.3. The summed E-state index contributed by atoms with van der Waals surface area (Å²) in [5.41, 5.74) is 0.165. The molecule has 28 heavy (non-hydrogen) atoms. The molecule has 2 aromatic heterocycles. The lowest BCUT2D eigenvalue weighted by Crippen LogP contribution is -2.08. The van der Waals surface area contributed by atoms with E-state index in [9.17, 15) is 17.6 Å². The first kappa shape index (κ1) is 18.0. The maximum Gasteiger partial charge on any atom is 0.252 e. The van der Waals surface area contributed by atoms with Crippen LogP contribution >= 0.6 is 0 Å². The maximum absolute atomic E-state index is 14.3. The van der Waals surface area contributed by atoms with Crippen LogP contribution in [-0.4, -0.2) is 19.9 Å². The van der Waals surface area contributed by atoms with Crippen molar-refractivity contribution in [3.8, 4) is 22.8 Å². The molecule has 0 aliphatic heterocycles. The molecule has 0 spiro atoms. The molecule has 8 heteroatoms. The Morgan fingerprint density at radius 2 is 1.32 bits per heavy atom. The van der Waals surface area contributed by atoms with Gasteiger partial charge in [0.1, 0.15) is 5.56 Å². The van der Waals surface area contributed by atoms with E-state index in [1.165, 1.54) is 0 Å². The number of pyridine rings is 1. The van der Waals surface area contributed by atoms with Gasteiger partial charge >= 0.3 is 0 Å². The minimum absolute atomic E-state index is 0.122. The average molecular weight is 384 g/mol. The molecule has 2 heterocycles. The lowest BCUT2D eigenvalue weighted by Gasteiger charge is -2.11. The van der Waals surface area contributed by atoms with Gasteiger partial charge in [-0.3, -0.25) is 0 Å². The van der Waals surface area contributed by atoms with Crippen molar-refractivity contribution in [2.75, 3.05) is 0 Å². The highest BCUT2D eigenvalue weighted by Crippen LogP contribution is 2.29. The van der Waals surface area contributed by atoms with Crippen LogP contribution in [0.25, 0.3) is 28.3 Å². The smallest absolute Gasteiger partial charge is 0.208 e. The number of aromatic nitrogens is 4. The normalized spacial score (nSPS) is 13.5. The topological polar surface area (TPSA) is 51.6 Å². The van der Waals surface area contributed by atoms with Gasteiger partial charge in [0.25, 0.3) is 11.9 Å². The van der Waals surface area contributed by atoms with E-state index >= 15 is 0 Å². The molecule has 140 valence electrons. The minimum Gasteiger partial charge on any atom is -0.208 e. The highest BCUT2D eigenvalue weighted by Gasteiger charge is 2.25. The molecule has 1 aliphatic carbocycles. The fraction of sp³-hybridized carbons (Fsp3) is 0.100. The summed E-state index contributed by atoms with van der Waals surface area (Å²) in [6.45, 7) is 0. The Hall–Kier alpha value is -3.42. The van der Waals surface area contributed by atoms with Crippen LogP contribution in [0, 0.1) is 23.5 Å². The van der Waals surface area contributed by atoms with E-state index in [1.807, 2.05) is 12.2 Å². The van der Waals surface area contributed by atoms with Gasteiger partial charge in [-0.05, 0) is 12.8 Å². The SMILES string of the molecule is Fc1nc(F)c(F)c(-c2nc(C3=CCCC=C3)nc(-c3ccccc3)n2)c1F. The van der Waals surface area contributed by atoms with Gasteiger partial charge in [-0.25, -0.2) is 23.7 Å². The van der Waals surface area contributed by atoms with E-state index in [0.29, 0.717) is 11.1 Å². The van der Waals surface area contributed by atoms with Crippen molar-refractivity contribution in [3.05, 3.63) is 77.9 Å². The number of benzene rings is 1. The molecule has 0 bridgehead atoms. The van der Waals surface area contributed by atoms with Crippen LogP contribution in [0.3, 0.4) is 0 Å². The third-order valence-electron chi connectivity index (χ3n) is 4.14. The number of hydrogen-bond acceptors (Lipinski definition) is 4. The number of allylic oxidation sites excluding steroid dienone is 4. The van der Waals surface area contributed by atoms with Gasteiger partial charge in [-0.15, -0.1) is 0 Å². The first-order valence-corrected chi connectivity index (χ1v) is 8.43. The van der Waals surface area contributed by atoms with Crippen molar-refractivity contribution in [2.24, 2.45) is 0 Å². The Morgan fingerprint density at radius 3 is 1.96 bits per heavy atom. The molecular formula is C20H12F4N4. The molecule has 0 fully saturated rings. The molecule has 1 aromatic carbocycles. The van der Waals surface area contributed by atoms with Crippen LogP contribution in [0.2, 0.25) is 0 Å². The Kier molecular flexibility index (Phi) is 4.68. The standard InChI is InChI=1S/C20H12F4N4/c21-14-13(15(22)17(24)25-16(14)23)20-27-18(11-7-3-1-4-8-11)26-19(28-20)12-9-5-2-6-10-12/h1,3-5,7-10H,2,6H2. The summed E-state index contributed by atoms with van der Waals surface area (Å²) in [5.74, 6) is -7.11. The number of rotatable bonds is 3. The van der Waals surface area contributed by atoms with E-state index in [1.54, 1.807) is 36.4 Å². The molecule has 4 rings (SSSR count). The predicted octanol–water partition coefficient (Wildman–Crippen LogP) is 4.89. The Morgan fingerprint density at radius 1 is 0.679 bits per heavy atom. The summed E-state index contributed by atoms with van der Waals surface area (Å²) >= 11 is 0. The molecule has 1 aliphatic rings. The maximum atomic E-state index is 14.3. The van der Waals surface area contributed by atoms with Crippen molar-refractivity contribution in [1.82, 2.24) is 19.9 Å². The third kappa shape index (κ3) is 3.28. The van der Waals surface area contributed by atoms with Gasteiger partial charge in [0.15, 0.2) is 29.1 Å². The lowest BCUT2D eigenvalue weighted by molar-refractivity contribution is 0.410. The van der Waals surface area contributed by atoms with Crippen molar-refractivity contribution >= 4 is 5.57 Å². The average Bonchev–Trinajstić information content (AvgIpc) is 2.74. The monoisotopic (exact) mass is 384 g/mol. The summed E-state index contributed by atoms with van der Waals surface area (Å²) in [4.78, 5) is 15.1. The van der Waals surface area contributed by atoms with Gasteiger partial charge in [0, 0.05) is 11.1 Å². The second-order valence-corrected chi connectivity index (χ2v) is 6.01. The highest BCUT2D eigenvalue weighted by atomic mass is 19.2. The van der Waals surface area contributed by atoms with Crippen LogP contribution in [0.15, 0.2) is 48.6 Å². The van der Waals surface area contributed by atoms with Crippen LogP contribution in [0.1, 0.15) is 18.7 Å². The molecule has 0 amide bonds. The second-order valence-electron chi connectivity index (χ2n) is 6.01. The van der Waals surface area contributed by atoms with Crippen molar-refractivity contribution in [3.63, 3.8) is 0 Å².